The van der Waals surface area contributed by atoms with Crippen molar-refractivity contribution in [2.24, 2.45) is 0 Å². The van der Waals surface area contributed by atoms with E-state index in [1.807, 2.05) is 31.9 Å². The minimum absolute atomic E-state index is 0.175. The predicted molar refractivity (Wildman–Crippen MR) is 76.9 cm³/mol. The maximum Gasteiger partial charge on any atom is 0.259 e. The Balaban J connectivity index is 2.00. The summed E-state index contributed by atoms with van der Waals surface area (Å²) in [5, 5.41) is 7.04. The lowest BCUT2D eigenvalue weighted by atomic mass is 10.2. The van der Waals surface area contributed by atoms with Gasteiger partial charge in [0, 0.05) is 12.7 Å². The third kappa shape index (κ3) is 3.48. The number of hydrogen-bond acceptors (Lipinski definition) is 4. The van der Waals surface area contributed by atoms with Crippen LogP contribution < -0.4 is 5.32 Å². The number of amides is 1. The smallest absolute Gasteiger partial charge is 0.259 e. The van der Waals surface area contributed by atoms with Crippen LogP contribution in [0.3, 0.4) is 0 Å². The van der Waals surface area contributed by atoms with Gasteiger partial charge in [0.2, 0.25) is 0 Å². The summed E-state index contributed by atoms with van der Waals surface area (Å²) in [5.74, 6) is 1.18. The monoisotopic (exact) mass is 276 g/mol. The van der Waals surface area contributed by atoms with Crippen LogP contribution in [-0.4, -0.2) is 41.2 Å². The second-order valence-electron chi connectivity index (χ2n) is 5.08. The van der Waals surface area contributed by atoms with Gasteiger partial charge in [-0.2, -0.15) is 5.10 Å². The lowest BCUT2D eigenvalue weighted by Crippen LogP contribution is -2.18. The Morgan fingerprint density at radius 3 is 2.80 bits per heavy atom. The van der Waals surface area contributed by atoms with Crippen molar-refractivity contribution in [1.29, 1.82) is 0 Å². The number of furan rings is 1. The van der Waals surface area contributed by atoms with Crippen LogP contribution >= 0.6 is 0 Å². The zero-order chi connectivity index (χ0) is 14.7. The number of aromatic nitrogens is 2. The minimum Gasteiger partial charge on any atom is -0.466 e. The van der Waals surface area contributed by atoms with E-state index >= 15 is 0 Å². The second kappa shape index (κ2) is 5.92. The number of rotatable bonds is 5. The molecule has 20 heavy (non-hydrogen) atoms. The molecule has 6 heteroatoms. The second-order valence-corrected chi connectivity index (χ2v) is 5.08. The highest BCUT2D eigenvalue weighted by Gasteiger charge is 2.14. The van der Waals surface area contributed by atoms with E-state index < -0.39 is 0 Å². The van der Waals surface area contributed by atoms with Crippen molar-refractivity contribution < 1.29 is 9.21 Å². The van der Waals surface area contributed by atoms with Gasteiger partial charge in [-0.15, -0.1) is 0 Å². The Kier molecular flexibility index (Phi) is 4.24. The van der Waals surface area contributed by atoms with E-state index in [0.717, 1.165) is 18.8 Å². The number of carbonyl (C=O) groups excluding carboxylic acids is 1. The van der Waals surface area contributed by atoms with E-state index in [0.29, 0.717) is 17.0 Å². The lowest BCUT2D eigenvalue weighted by molar-refractivity contribution is 0.102. The molecule has 1 amide bonds. The Bertz CT molecular complexity index is 598. The van der Waals surface area contributed by atoms with Gasteiger partial charge < -0.3 is 14.6 Å². The zero-order valence-electron chi connectivity index (χ0n) is 12.3. The first-order valence-corrected chi connectivity index (χ1v) is 6.51. The molecule has 0 unspecified atom stereocenters. The number of aryl methyl sites for hydroxylation is 2. The molecule has 0 aliphatic carbocycles. The van der Waals surface area contributed by atoms with Gasteiger partial charge in [0.05, 0.1) is 24.0 Å². The molecule has 0 atom stereocenters. The summed E-state index contributed by atoms with van der Waals surface area (Å²) in [6, 6.07) is 1.74. The number of nitrogens with one attached hydrogen (secondary N) is 1. The van der Waals surface area contributed by atoms with Crippen molar-refractivity contribution in [3.63, 3.8) is 0 Å². The molecule has 2 rings (SSSR count). The zero-order valence-corrected chi connectivity index (χ0v) is 12.3. The van der Waals surface area contributed by atoms with Crippen LogP contribution in [0.15, 0.2) is 22.9 Å². The van der Waals surface area contributed by atoms with Crippen LogP contribution in [-0.2, 0) is 6.54 Å². The Morgan fingerprint density at radius 1 is 1.45 bits per heavy atom. The van der Waals surface area contributed by atoms with Crippen molar-refractivity contribution >= 4 is 11.6 Å². The van der Waals surface area contributed by atoms with E-state index in [9.17, 15) is 4.79 Å². The van der Waals surface area contributed by atoms with Crippen molar-refractivity contribution in [3.8, 4) is 0 Å². The molecular formula is C14H20N4O2. The fourth-order valence-corrected chi connectivity index (χ4v) is 1.91. The molecule has 0 bridgehead atoms. The van der Waals surface area contributed by atoms with Crippen LogP contribution in [0.25, 0.3) is 0 Å². The maximum atomic E-state index is 12.1. The minimum atomic E-state index is -0.175. The molecule has 108 valence electrons. The molecule has 2 aromatic heterocycles. The van der Waals surface area contributed by atoms with Crippen molar-refractivity contribution in [2.45, 2.75) is 20.4 Å². The summed E-state index contributed by atoms with van der Waals surface area (Å²) in [7, 11) is 4.02. The maximum absolute atomic E-state index is 12.1. The number of carbonyl (C=O) groups is 1. The summed E-state index contributed by atoms with van der Waals surface area (Å²) in [6.45, 7) is 5.29. The molecule has 0 aliphatic heterocycles. The highest BCUT2D eigenvalue weighted by atomic mass is 16.3. The normalized spacial score (nSPS) is 11.1. The highest BCUT2D eigenvalue weighted by molar-refractivity contribution is 6.04. The summed E-state index contributed by atoms with van der Waals surface area (Å²) in [5.41, 5.74) is 1.25. The van der Waals surface area contributed by atoms with Crippen molar-refractivity contribution in [2.75, 3.05) is 26.0 Å². The number of anilines is 1. The average Bonchev–Trinajstić information content (AvgIpc) is 2.93. The van der Waals surface area contributed by atoms with Gasteiger partial charge in [0.1, 0.15) is 11.5 Å². The predicted octanol–water partition coefficient (Wildman–Crippen LogP) is 1.91. The van der Waals surface area contributed by atoms with Crippen LogP contribution in [0, 0.1) is 13.8 Å². The van der Waals surface area contributed by atoms with Crippen LogP contribution in [0.4, 0.5) is 5.69 Å². The Morgan fingerprint density at radius 2 is 2.20 bits per heavy atom. The number of likely N-dealkylation sites (N-methyl/N-ethyl adjacent to an activating group) is 1. The van der Waals surface area contributed by atoms with E-state index in [4.69, 9.17) is 4.42 Å². The molecule has 0 fully saturated rings. The third-order valence-corrected chi connectivity index (χ3v) is 2.95. The third-order valence-electron chi connectivity index (χ3n) is 2.95. The molecule has 1 N–H and O–H groups in total. The van der Waals surface area contributed by atoms with E-state index in [1.165, 1.54) is 0 Å². The van der Waals surface area contributed by atoms with E-state index in [1.54, 1.807) is 19.2 Å². The van der Waals surface area contributed by atoms with Gasteiger partial charge in [0.15, 0.2) is 0 Å². The standard InChI is InChI=1S/C14H20N4O2/c1-10-7-13(11(2)20-10)14(19)16-12-8-15-18(9-12)6-5-17(3)4/h7-9H,5-6H2,1-4H3,(H,16,19). The van der Waals surface area contributed by atoms with Crippen LogP contribution in [0.1, 0.15) is 21.9 Å². The van der Waals surface area contributed by atoms with Gasteiger partial charge in [-0.3, -0.25) is 9.48 Å². The molecule has 6 nitrogen and oxygen atoms in total. The lowest BCUT2D eigenvalue weighted by Gasteiger charge is -2.08. The van der Waals surface area contributed by atoms with Gasteiger partial charge in [-0.1, -0.05) is 0 Å². The first-order chi connectivity index (χ1) is 9.45. The molecular weight excluding hydrogens is 256 g/mol. The van der Waals surface area contributed by atoms with E-state index in [2.05, 4.69) is 15.3 Å². The summed E-state index contributed by atoms with van der Waals surface area (Å²) < 4.78 is 7.16. The van der Waals surface area contributed by atoms with Crippen molar-refractivity contribution in [3.05, 3.63) is 35.5 Å². The first-order valence-electron chi connectivity index (χ1n) is 6.51. The van der Waals surface area contributed by atoms with Gasteiger partial charge >= 0.3 is 0 Å². The first kappa shape index (κ1) is 14.3. The molecule has 0 aliphatic rings. The molecule has 0 spiro atoms. The molecule has 0 saturated heterocycles. The van der Waals surface area contributed by atoms with Crippen LogP contribution in [0.5, 0.6) is 0 Å². The molecule has 2 aromatic rings. The Hall–Kier alpha value is -2.08. The average molecular weight is 276 g/mol. The number of hydrogen-bond donors (Lipinski definition) is 1. The van der Waals surface area contributed by atoms with Gasteiger partial charge in [0.25, 0.3) is 5.91 Å². The topological polar surface area (TPSA) is 63.3 Å². The fraction of sp³-hybridized carbons (Fsp3) is 0.429. The van der Waals surface area contributed by atoms with Crippen molar-refractivity contribution in [1.82, 2.24) is 14.7 Å². The fourth-order valence-electron chi connectivity index (χ4n) is 1.91. The molecule has 0 radical (unpaired) electrons. The van der Waals surface area contributed by atoms with Gasteiger partial charge in [-0.25, -0.2) is 0 Å². The largest absolute Gasteiger partial charge is 0.466 e. The Labute approximate surface area is 118 Å². The SMILES string of the molecule is Cc1cc(C(=O)Nc2cnn(CCN(C)C)c2)c(C)o1. The van der Waals surface area contributed by atoms with Gasteiger partial charge in [-0.05, 0) is 34.0 Å². The summed E-state index contributed by atoms with van der Waals surface area (Å²) in [4.78, 5) is 14.2. The molecule has 2 heterocycles. The molecule has 0 saturated carbocycles. The number of nitrogens with zero attached hydrogens (tertiary/aromatic N) is 3. The molecule has 0 aromatic carbocycles. The quantitative estimate of drug-likeness (QED) is 0.906. The van der Waals surface area contributed by atoms with Crippen LogP contribution in [0.2, 0.25) is 0 Å². The summed E-state index contributed by atoms with van der Waals surface area (Å²) >= 11 is 0. The van der Waals surface area contributed by atoms with E-state index in [-0.39, 0.29) is 5.91 Å². The summed E-state index contributed by atoms with van der Waals surface area (Å²) in [6.07, 6.45) is 3.47. The highest BCUT2D eigenvalue weighted by Crippen LogP contribution is 2.15.